The summed E-state index contributed by atoms with van der Waals surface area (Å²) in [6.45, 7) is 1.01. The Bertz CT molecular complexity index is 1120. The number of alkyl halides is 1. The van der Waals surface area contributed by atoms with Gasteiger partial charge in [0, 0.05) is 0 Å². The molecule has 7 N–H and O–H groups in total. The first-order valence-electron chi connectivity index (χ1n) is 7.94. The van der Waals surface area contributed by atoms with E-state index in [0.29, 0.717) is 4.68 Å². The largest absolute Gasteiger partial charge is 0.490 e. The van der Waals surface area contributed by atoms with Gasteiger partial charge in [-0.1, -0.05) is 17.5 Å². The van der Waals surface area contributed by atoms with Crippen LogP contribution in [0.5, 0.6) is 0 Å². The summed E-state index contributed by atoms with van der Waals surface area (Å²) in [5.74, 6) is 1.77. The van der Waals surface area contributed by atoms with Crippen molar-refractivity contribution in [3.63, 3.8) is 0 Å². The summed E-state index contributed by atoms with van der Waals surface area (Å²) in [4.78, 5) is 49.2. The molecule has 0 saturated carbocycles. The molecule has 1 aliphatic heterocycles. The first kappa shape index (κ1) is 27.0. The molecule has 2 rings (SSSR count). The predicted octanol–water partition coefficient (Wildman–Crippen LogP) is -1.18. The zero-order chi connectivity index (χ0) is 24.7. The number of ether oxygens (including phenoxy) is 1. The van der Waals surface area contributed by atoms with E-state index in [-0.39, 0.29) is 5.82 Å². The molecule has 21 heteroatoms. The number of nitrogen functional groups attached to an aromatic ring is 1. The summed E-state index contributed by atoms with van der Waals surface area (Å²) >= 11 is 6.23. The molecule has 1 aliphatic rings. The van der Waals surface area contributed by atoms with E-state index < -0.39 is 58.6 Å². The lowest BCUT2D eigenvalue weighted by Gasteiger charge is -2.26. The molecule has 0 bridgehead atoms. The smallest absolute Gasteiger partial charge is 0.387 e. The normalized spacial score (nSPS) is 30.8. The fourth-order valence-corrected chi connectivity index (χ4v) is 6.03. The maximum Gasteiger partial charge on any atom is 0.490 e. The minimum atomic E-state index is -5.78. The van der Waals surface area contributed by atoms with Crippen molar-refractivity contribution in [1.82, 2.24) is 14.8 Å². The third-order valence-electron chi connectivity index (χ3n) is 3.74. The highest BCUT2D eigenvalue weighted by Crippen LogP contribution is 2.66. The molecule has 0 radical (unpaired) electrons. The zero-order valence-electron chi connectivity index (χ0n) is 15.6. The van der Waals surface area contributed by atoms with Crippen molar-refractivity contribution in [1.29, 1.82) is 0 Å². The van der Waals surface area contributed by atoms with Gasteiger partial charge in [0.15, 0.2) is 11.1 Å². The zero-order valence-corrected chi connectivity index (χ0v) is 19.0. The number of anilines is 1. The molecule has 0 amide bonds. The number of aliphatic hydroxyl groups is 1. The van der Waals surface area contributed by atoms with E-state index in [1.54, 1.807) is 0 Å². The van der Waals surface area contributed by atoms with Gasteiger partial charge in [-0.05, 0) is 6.92 Å². The van der Waals surface area contributed by atoms with Crippen molar-refractivity contribution in [3.05, 3.63) is 16.7 Å². The van der Waals surface area contributed by atoms with Gasteiger partial charge >= 0.3 is 29.2 Å². The van der Waals surface area contributed by atoms with Crippen LogP contribution in [-0.4, -0.2) is 62.6 Å². The third-order valence-corrected chi connectivity index (χ3v) is 8.19. The quantitative estimate of drug-likeness (QED) is 0.129. The number of aliphatic hydroxyl groups excluding tert-OH is 1. The number of phosphoric acid groups is 3. The Kier molecular flexibility index (Phi) is 7.78. The lowest BCUT2D eigenvalue weighted by Crippen LogP contribution is -2.45. The summed E-state index contributed by atoms with van der Waals surface area (Å²) in [5, 5.41) is 14.2. The van der Waals surface area contributed by atoms with Gasteiger partial charge in [0.05, 0.1) is 12.3 Å². The summed E-state index contributed by atoms with van der Waals surface area (Å²) < 4.78 is 51.8. The number of hydrogen-bond acceptors (Lipinski definition) is 12. The highest BCUT2D eigenvalue weighted by molar-refractivity contribution is 7.66. The van der Waals surface area contributed by atoms with E-state index >= 15 is 0 Å². The van der Waals surface area contributed by atoms with Gasteiger partial charge in [-0.15, -0.1) is 6.42 Å². The molecular weight excluding hydrogens is 525 g/mol. The standard InChI is InChI=1S/C11H16ClN4O13P3/c1-3-11(12)8(17)7(26-9(11)16-10(18)15-6(13)4-14-16)5(2)27-31(22,23)29-32(24,25)28-30(19,20)21/h1,4-5,7-9,17H,2H3,(H,22,23)(H,24,25)(H2,13,15,18)(H2,19,20,21)/t5-,7-,8+,9-,11?/m1/s1. The highest BCUT2D eigenvalue weighted by atomic mass is 35.5. The molecule has 0 aliphatic carbocycles. The van der Waals surface area contributed by atoms with Crippen LogP contribution in [0.1, 0.15) is 13.2 Å². The number of phosphoric ester groups is 1. The molecule has 0 spiro atoms. The van der Waals surface area contributed by atoms with Crippen LogP contribution in [0.25, 0.3) is 0 Å². The van der Waals surface area contributed by atoms with E-state index in [1.165, 1.54) is 0 Å². The number of nitrogens with zero attached hydrogens (tertiary/aromatic N) is 3. The number of aromatic nitrogens is 3. The number of hydrogen-bond donors (Lipinski definition) is 6. The van der Waals surface area contributed by atoms with Crippen molar-refractivity contribution < 1.29 is 56.3 Å². The van der Waals surface area contributed by atoms with Crippen molar-refractivity contribution in [3.8, 4) is 12.3 Å². The lowest BCUT2D eigenvalue weighted by molar-refractivity contribution is -0.0785. The van der Waals surface area contributed by atoms with Gasteiger partial charge in [0.25, 0.3) is 0 Å². The summed E-state index contributed by atoms with van der Waals surface area (Å²) in [5.41, 5.74) is 4.28. The molecular formula is C11H16ClN4O13P3. The molecule has 3 unspecified atom stereocenters. The Morgan fingerprint density at radius 2 is 1.91 bits per heavy atom. The molecule has 0 aromatic carbocycles. The number of halogens is 1. The fraction of sp³-hybridized carbons (Fsp3) is 0.545. The van der Waals surface area contributed by atoms with Gasteiger partial charge in [0.2, 0.25) is 0 Å². The second-order valence-corrected chi connectivity index (χ2v) is 11.1. The highest BCUT2D eigenvalue weighted by Gasteiger charge is 2.59. The predicted molar refractivity (Wildman–Crippen MR) is 102 cm³/mol. The average Bonchev–Trinajstić information content (AvgIpc) is 2.84. The molecule has 180 valence electrons. The van der Waals surface area contributed by atoms with Crippen LogP contribution in [0.3, 0.4) is 0 Å². The van der Waals surface area contributed by atoms with Gasteiger partial charge in [-0.2, -0.15) is 23.4 Å². The Morgan fingerprint density at radius 3 is 2.41 bits per heavy atom. The SMILES string of the molecule is C#CC1(Cl)[C@@H](O)[C@@H]([C@@H](C)OP(=O)(O)OP(=O)(O)OP(=O)(O)O)O[C@H]1n1ncc(N)nc1=O. The first-order valence-corrected chi connectivity index (χ1v) is 12.8. The van der Waals surface area contributed by atoms with Crippen LogP contribution < -0.4 is 11.4 Å². The molecule has 7 atom stereocenters. The molecule has 1 aromatic heterocycles. The second kappa shape index (κ2) is 9.21. The van der Waals surface area contributed by atoms with Gasteiger partial charge < -0.3 is 35.2 Å². The molecule has 32 heavy (non-hydrogen) atoms. The van der Waals surface area contributed by atoms with Crippen LogP contribution in [0.2, 0.25) is 0 Å². The first-order chi connectivity index (χ1) is 14.4. The summed E-state index contributed by atoms with van der Waals surface area (Å²) in [6, 6.07) is 0. The van der Waals surface area contributed by atoms with E-state index in [0.717, 1.165) is 13.1 Å². The van der Waals surface area contributed by atoms with Crippen molar-refractivity contribution in [2.24, 2.45) is 0 Å². The summed E-state index contributed by atoms with van der Waals surface area (Å²) in [6.07, 6.45) is -0.603. The second-order valence-electron chi connectivity index (χ2n) is 6.12. The maximum absolute atomic E-state index is 12.1. The lowest BCUT2D eigenvalue weighted by atomic mass is 9.97. The van der Waals surface area contributed by atoms with E-state index in [1.807, 2.05) is 5.92 Å². The monoisotopic (exact) mass is 540 g/mol. The Labute approximate surface area is 183 Å². The number of nitrogens with two attached hydrogens (primary N) is 1. The Hall–Kier alpha value is -1.21. The van der Waals surface area contributed by atoms with Crippen molar-refractivity contribution >= 4 is 40.9 Å². The van der Waals surface area contributed by atoms with Crippen LogP contribution in [0.15, 0.2) is 11.0 Å². The molecule has 1 saturated heterocycles. The minimum Gasteiger partial charge on any atom is -0.387 e. The summed E-state index contributed by atoms with van der Waals surface area (Å²) in [7, 11) is -16.9. The van der Waals surface area contributed by atoms with E-state index in [2.05, 4.69) is 23.2 Å². The van der Waals surface area contributed by atoms with Crippen LogP contribution >= 0.6 is 35.1 Å². The third kappa shape index (κ3) is 6.22. The van der Waals surface area contributed by atoms with Gasteiger partial charge in [-0.3, -0.25) is 4.52 Å². The topological polar surface area (TPSA) is 263 Å². The molecule has 1 fully saturated rings. The molecule has 1 aromatic rings. The van der Waals surface area contributed by atoms with Crippen molar-refractivity contribution in [2.45, 2.75) is 36.3 Å². The van der Waals surface area contributed by atoms with E-state index in [4.69, 9.17) is 38.3 Å². The minimum absolute atomic E-state index is 0.247. The van der Waals surface area contributed by atoms with E-state index in [9.17, 15) is 33.4 Å². The number of terminal acetylenes is 1. The van der Waals surface area contributed by atoms with Crippen LogP contribution in [0, 0.1) is 12.3 Å². The number of rotatable bonds is 8. The Balaban J connectivity index is 2.27. The fourth-order valence-electron chi connectivity index (χ4n) is 2.56. The molecule has 2 heterocycles. The van der Waals surface area contributed by atoms with Crippen molar-refractivity contribution in [2.75, 3.05) is 5.73 Å². The van der Waals surface area contributed by atoms with Gasteiger partial charge in [-0.25, -0.2) is 18.5 Å². The van der Waals surface area contributed by atoms with Crippen LogP contribution in [0.4, 0.5) is 5.82 Å². The maximum atomic E-state index is 12.1. The average molecular weight is 541 g/mol. The van der Waals surface area contributed by atoms with Gasteiger partial charge in [0.1, 0.15) is 18.0 Å². The molecule has 17 nitrogen and oxygen atoms in total. The Morgan fingerprint density at radius 1 is 1.31 bits per heavy atom. The van der Waals surface area contributed by atoms with Crippen LogP contribution in [-0.2, 0) is 31.6 Å².